The van der Waals surface area contributed by atoms with Crippen LogP contribution < -0.4 is 0 Å². The van der Waals surface area contributed by atoms with Gasteiger partial charge in [-0.15, -0.1) is 0 Å². The molecule has 0 aromatic carbocycles. The smallest absolute Gasteiger partial charge is 0.192 e. The van der Waals surface area contributed by atoms with Gasteiger partial charge in [-0.1, -0.05) is 6.42 Å². The third-order valence-electron chi connectivity index (χ3n) is 3.42. The van der Waals surface area contributed by atoms with Gasteiger partial charge in [0.15, 0.2) is 5.96 Å². The van der Waals surface area contributed by atoms with Crippen molar-refractivity contribution in [1.82, 2.24) is 14.7 Å². The normalized spacial score (nSPS) is 16.9. The van der Waals surface area contributed by atoms with Gasteiger partial charge in [0.05, 0.1) is 5.84 Å². The second kappa shape index (κ2) is 12.4. The monoisotopic (exact) mass is 518 g/mol. The number of aliphatic imine (C=N–C) groups is 1. The average Bonchev–Trinajstić information content (AvgIpc) is 2.74. The molecule has 0 aromatic rings. The molecular weight excluding hydrogens is 487 g/mol. The Hall–Kier alpha value is -0.143. The molecular formula is C14H30BN5U. The third kappa shape index (κ3) is 8.78. The van der Waals surface area contributed by atoms with Gasteiger partial charge in [-0.3, -0.25) is 10.4 Å². The van der Waals surface area contributed by atoms with Gasteiger partial charge in [-0.25, -0.2) is 0 Å². The molecule has 0 aliphatic carbocycles. The number of hydrogen-bond acceptors (Lipinski definition) is 3. The van der Waals surface area contributed by atoms with Crippen LogP contribution >= 0.6 is 0 Å². The molecule has 7 heteroatoms. The van der Waals surface area contributed by atoms with E-state index in [0.29, 0.717) is 5.96 Å². The van der Waals surface area contributed by atoms with Gasteiger partial charge in [0, 0.05) is 93.7 Å². The van der Waals surface area contributed by atoms with Gasteiger partial charge in [-0.2, -0.15) is 0 Å². The topological polar surface area (TPSA) is 45.9 Å². The zero-order valence-corrected chi connectivity index (χ0v) is 18.2. The maximum Gasteiger partial charge on any atom is 0.192 e. The largest absolute Gasteiger partial charge is 0.360 e. The van der Waals surface area contributed by atoms with Gasteiger partial charge in [-0.05, 0) is 20.6 Å². The van der Waals surface area contributed by atoms with E-state index in [2.05, 4.69) is 18.3 Å². The first-order valence-corrected chi connectivity index (χ1v) is 7.24. The molecule has 0 spiro atoms. The Bertz CT molecular complexity index is 316. The number of nitrogens with zero attached hydrogens (tertiary/aromatic N) is 4. The first-order valence-electron chi connectivity index (χ1n) is 7.81. The number of hydrogen-bond donors (Lipinski definition) is 1. The molecule has 0 aromatic heterocycles. The van der Waals surface area contributed by atoms with E-state index in [1.54, 1.807) is 9.80 Å². The first-order chi connectivity index (χ1) is 10.0. The Balaban J connectivity index is 0. The van der Waals surface area contributed by atoms with Crippen molar-refractivity contribution >= 4 is 20.2 Å². The SMILES string of the molecule is C1CCC2=NCCCN2CC1.CN(C)C(=N)N(C)C.[2H][B].[U]. The Morgan fingerprint density at radius 3 is 2.19 bits per heavy atom. The average molecular weight is 518 g/mol. The molecule has 0 bridgehead atoms. The Kier molecular flexibility index (Phi) is 12.3. The van der Waals surface area contributed by atoms with Gasteiger partial charge in [0.1, 0.15) is 0 Å². The summed E-state index contributed by atoms with van der Waals surface area (Å²) in [5.74, 6) is 1.92. The molecule has 5 nitrogen and oxygen atoms in total. The van der Waals surface area contributed by atoms with Crippen molar-refractivity contribution < 1.29 is 31.1 Å². The Morgan fingerprint density at radius 2 is 1.67 bits per heavy atom. The van der Waals surface area contributed by atoms with Crippen LogP contribution in [0.15, 0.2) is 4.99 Å². The number of guanidine groups is 1. The van der Waals surface area contributed by atoms with E-state index < -0.39 is 0 Å². The minimum absolute atomic E-state index is 0. The fourth-order valence-electron chi connectivity index (χ4n) is 2.34. The molecule has 118 valence electrons. The fourth-order valence-corrected chi connectivity index (χ4v) is 2.34. The van der Waals surface area contributed by atoms with Crippen LogP contribution in [-0.2, 0) is 0 Å². The predicted octanol–water partition coefficient (Wildman–Crippen LogP) is 1.06. The van der Waals surface area contributed by atoms with E-state index >= 15 is 0 Å². The van der Waals surface area contributed by atoms with Crippen molar-refractivity contribution in [2.45, 2.75) is 32.1 Å². The minimum atomic E-state index is 0. The second-order valence-electron chi connectivity index (χ2n) is 5.56. The Labute approximate surface area is 157 Å². The van der Waals surface area contributed by atoms with Gasteiger partial charge in [0.25, 0.3) is 0 Å². The van der Waals surface area contributed by atoms with Crippen molar-refractivity contribution in [2.24, 2.45) is 4.99 Å². The van der Waals surface area contributed by atoms with Crippen molar-refractivity contribution in [2.75, 3.05) is 47.8 Å². The standard InChI is InChI=1S/C9H16N2.C5H13N3.BH.U/c1-2-5-9-10-6-4-8-11(9)7-3-1;1-7(2)5(6)8(3)4;;/h1-8H2;6H,1-4H3;1H;/i;;1D;. The minimum Gasteiger partial charge on any atom is -0.360 e. The number of amidine groups is 1. The van der Waals surface area contributed by atoms with Gasteiger partial charge < -0.3 is 14.7 Å². The predicted molar refractivity (Wildman–Crippen MR) is 89.2 cm³/mol. The van der Waals surface area contributed by atoms with Crippen LogP contribution in [0.2, 0.25) is 0 Å². The molecule has 21 heavy (non-hydrogen) atoms. The summed E-state index contributed by atoms with van der Waals surface area (Å²) < 4.78 is 5.25. The molecule has 0 atom stereocenters. The number of rotatable bonds is 0. The van der Waals surface area contributed by atoms with E-state index in [9.17, 15) is 0 Å². The number of fused-ring (bicyclic) bond motifs is 1. The fraction of sp³-hybridized carbons (Fsp3) is 0.857. The van der Waals surface area contributed by atoms with Crippen LogP contribution in [0.3, 0.4) is 0 Å². The van der Waals surface area contributed by atoms with Crippen molar-refractivity contribution in [3.05, 3.63) is 0 Å². The van der Waals surface area contributed by atoms with E-state index in [-0.39, 0.29) is 31.1 Å². The summed E-state index contributed by atoms with van der Waals surface area (Å²) in [5, 5.41) is 7.25. The van der Waals surface area contributed by atoms with E-state index in [1.807, 2.05) is 28.2 Å². The Morgan fingerprint density at radius 1 is 1.10 bits per heavy atom. The van der Waals surface area contributed by atoms with E-state index in [0.717, 1.165) is 6.54 Å². The zero-order valence-electron chi connectivity index (χ0n) is 15.0. The van der Waals surface area contributed by atoms with Crippen LogP contribution in [0, 0.1) is 36.5 Å². The maximum absolute atomic E-state index is 7.25. The van der Waals surface area contributed by atoms with Gasteiger partial charge in [0.2, 0.25) is 0 Å². The molecule has 0 amide bonds. The third-order valence-corrected chi connectivity index (χ3v) is 3.42. The quantitative estimate of drug-likeness (QED) is 0.297. The molecule has 0 unspecified atom stereocenters. The molecule has 2 heterocycles. The van der Waals surface area contributed by atoms with E-state index in [1.165, 1.54) is 51.0 Å². The molecule has 1 N–H and O–H groups in total. The summed E-state index contributed by atoms with van der Waals surface area (Å²) in [6.07, 6.45) is 6.63. The zero-order chi connectivity index (χ0) is 16.3. The molecule has 1 saturated heterocycles. The van der Waals surface area contributed by atoms with Crippen LogP contribution in [0.25, 0.3) is 0 Å². The summed E-state index contributed by atoms with van der Waals surface area (Å²) in [5.41, 5.74) is 0. The van der Waals surface area contributed by atoms with Crippen molar-refractivity contribution in [1.29, 1.82) is 6.74 Å². The summed E-state index contributed by atoms with van der Waals surface area (Å²) in [7, 11) is 11.1. The number of nitrogens with one attached hydrogen (secondary N) is 1. The van der Waals surface area contributed by atoms with Crippen molar-refractivity contribution in [3.8, 4) is 0 Å². The van der Waals surface area contributed by atoms with Crippen LogP contribution in [0.5, 0.6) is 0 Å². The molecule has 2 rings (SSSR count). The molecule has 2 radical (unpaired) electrons. The maximum atomic E-state index is 7.25. The summed E-state index contributed by atoms with van der Waals surface area (Å²) in [6.45, 7) is 3.60. The molecule has 0 saturated carbocycles. The summed E-state index contributed by atoms with van der Waals surface area (Å²) in [4.78, 5) is 10.5. The second-order valence-corrected chi connectivity index (χ2v) is 5.56. The first kappa shape index (κ1) is 20.9. The summed E-state index contributed by atoms with van der Waals surface area (Å²) in [6, 6.07) is 0. The van der Waals surface area contributed by atoms with Crippen LogP contribution in [0.1, 0.15) is 32.1 Å². The molecule has 2 aliphatic heterocycles. The van der Waals surface area contributed by atoms with E-state index in [4.69, 9.17) is 6.74 Å². The van der Waals surface area contributed by atoms with Crippen molar-refractivity contribution in [3.63, 3.8) is 0 Å². The van der Waals surface area contributed by atoms with Crippen LogP contribution in [0.4, 0.5) is 0 Å². The van der Waals surface area contributed by atoms with Gasteiger partial charge >= 0.3 is 0 Å². The molecule has 1 fully saturated rings. The van der Waals surface area contributed by atoms with Crippen LogP contribution in [-0.4, -0.2) is 84.0 Å². The summed E-state index contributed by atoms with van der Waals surface area (Å²) >= 11 is 0. The molecule has 2 aliphatic rings.